The van der Waals surface area contributed by atoms with Crippen molar-refractivity contribution >= 4 is 29.4 Å². The number of aliphatic carboxylic acids is 2. The number of benzene rings is 1. The molecular weight excluding hydrogens is 359 g/mol. The van der Waals surface area contributed by atoms with Gasteiger partial charge in [0.1, 0.15) is 11.6 Å². The van der Waals surface area contributed by atoms with Gasteiger partial charge in [0.25, 0.3) is 0 Å². The van der Waals surface area contributed by atoms with Crippen LogP contribution in [0.1, 0.15) is 20.8 Å². The van der Waals surface area contributed by atoms with E-state index in [4.69, 9.17) is 19.8 Å². The van der Waals surface area contributed by atoms with Crippen LogP contribution in [0.5, 0.6) is 0 Å². The van der Waals surface area contributed by atoms with Gasteiger partial charge in [-0.3, -0.25) is 0 Å². The molecule has 2 aromatic rings. The maximum Gasteiger partial charge on any atom is 0.414 e. The number of rotatable bonds is 5. The molecule has 5 N–H and O–H groups in total. The summed E-state index contributed by atoms with van der Waals surface area (Å²) >= 11 is 0. The van der Waals surface area contributed by atoms with E-state index < -0.39 is 17.5 Å². The van der Waals surface area contributed by atoms with Gasteiger partial charge in [-0.2, -0.15) is 4.98 Å². The number of hydrogen-bond donors (Lipinski definition) is 5. The molecule has 0 aliphatic carbocycles. The predicted octanol–water partition coefficient (Wildman–Crippen LogP) is 2.09. The summed E-state index contributed by atoms with van der Waals surface area (Å²) in [5.41, 5.74) is -0.152. The molecule has 1 atom stereocenters. The van der Waals surface area contributed by atoms with Crippen LogP contribution in [0, 0.1) is 5.82 Å². The van der Waals surface area contributed by atoms with Gasteiger partial charge in [-0.15, -0.1) is 0 Å². The lowest BCUT2D eigenvalue weighted by Crippen LogP contribution is -2.39. The van der Waals surface area contributed by atoms with E-state index >= 15 is 0 Å². The zero-order valence-electron chi connectivity index (χ0n) is 15.0. The van der Waals surface area contributed by atoms with Crippen molar-refractivity contribution in [1.29, 1.82) is 0 Å². The molecule has 2 rings (SSSR count). The number of nitrogens with one attached hydrogen (secondary N) is 2. The Morgan fingerprint density at radius 3 is 2.15 bits per heavy atom. The first kappa shape index (κ1) is 21.8. The van der Waals surface area contributed by atoms with Gasteiger partial charge in [0.15, 0.2) is 0 Å². The van der Waals surface area contributed by atoms with E-state index in [9.17, 15) is 9.50 Å². The lowest BCUT2D eigenvalue weighted by molar-refractivity contribution is -0.159. The summed E-state index contributed by atoms with van der Waals surface area (Å²) in [6, 6.07) is 7.51. The van der Waals surface area contributed by atoms with Crippen LogP contribution >= 0.6 is 0 Å². The number of carbonyl (C=O) groups is 2. The highest BCUT2D eigenvalue weighted by atomic mass is 19.1. The van der Waals surface area contributed by atoms with Crippen molar-refractivity contribution in [3.63, 3.8) is 0 Å². The van der Waals surface area contributed by atoms with E-state index in [2.05, 4.69) is 20.6 Å². The van der Waals surface area contributed by atoms with Gasteiger partial charge in [0.05, 0.1) is 11.6 Å². The van der Waals surface area contributed by atoms with Gasteiger partial charge >= 0.3 is 11.9 Å². The predicted molar refractivity (Wildman–Crippen MR) is 96.4 cm³/mol. The molecule has 0 radical (unpaired) electrons. The molecule has 0 aliphatic heterocycles. The monoisotopic (exact) mass is 380 g/mol. The van der Waals surface area contributed by atoms with Crippen LogP contribution in [0.4, 0.5) is 21.8 Å². The Balaban J connectivity index is 0.000000527. The average molecular weight is 380 g/mol. The molecule has 0 fully saturated rings. The molecule has 0 saturated carbocycles. The van der Waals surface area contributed by atoms with Gasteiger partial charge in [0, 0.05) is 11.9 Å². The fraction of sp³-hybridized carbons (Fsp3) is 0.294. The normalized spacial score (nSPS) is 11.6. The van der Waals surface area contributed by atoms with Crippen LogP contribution in [0.15, 0.2) is 36.5 Å². The number of carboxylic acids is 2. The van der Waals surface area contributed by atoms with E-state index in [1.54, 1.807) is 38.2 Å². The van der Waals surface area contributed by atoms with Crippen LogP contribution in [0.3, 0.4) is 0 Å². The molecule has 0 spiro atoms. The number of halogens is 1. The van der Waals surface area contributed by atoms with Crippen molar-refractivity contribution in [2.75, 3.05) is 10.6 Å². The molecule has 0 bridgehead atoms. The number of aliphatic hydroxyl groups is 1. The molecule has 1 aromatic heterocycles. The second-order valence-electron chi connectivity index (χ2n) is 6.03. The van der Waals surface area contributed by atoms with Crippen LogP contribution in [0.2, 0.25) is 0 Å². The number of carboxylic acid groups (broad SMARTS) is 2. The maximum absolute atomic E-state index is 12.9. The van der Waals surface area contributed by atoms with Gasteiger partial charge < -0.3 is 26.0 Å². The third-order valence-corrected chi connectivity index (χ3v) is 3.36. The highest BCUT2D eigenvalue weighted by molar-refractivity contribution is 6.27. The first-order valence-electron chi connectivity index (χ1n) is 7.80. The van der Waals surface area contributed by atoms with Gasteiger partial charge in [-0.25, -0.2) is 19.0 Å². The maximum atomic E-state index is 12.9. The Morgan fingerprint density at radius 1 is 1.11 bits per heavy atom. The number of aromatic nitrogens is 2. The van der Waals surface area contributed by atoms with Gasteiger partial charge in [-0.1, -0.05) is 0 Å². The van der Waals surface area contributed by atoms with Crippen molar-refractivity contribution in [2.24, 2.45) is 0 Å². The standard InChI is InChI=1S/C15H19FN4O.C2H2O4/c1-10(15(2,3)21)18-14-17-9-8-13(20-14)19-12-6-4-11(16)5-7-12;3-1(4)2(5)6/h4-10,21H,1-3H3,(H2,17,18,19,20);(H,3,4)(H,5,6)/t10-;/m0./s1. The first-order valence-corrected chi connectivity index (χ1v) is 7.80. The molecular formula is C17H21FN4O5. The van der Waals surface area contributed by atoms with E-state index in [0.717, 1.165) is 5.69 Å². The lowest BCUT2D eigenvalue weighted by atomic mass is 10.0. The fourth-order valence-corrected chi connectivity index (χ4v) is 1.55. The summed E-state index contributed by atoms with van der Waals surface area (Å²) in [7, 11) is 0. The minimum absolute atomic E-state index is 0.210. The van der Waals surface area contributed by atoms with E-state index in [1.807, 2.05) is 6.92 Å². The van der Waals surface area contributed by atoms with E-state index in [0.29, 0.717) is 11.8 Å². The SMILES string of the molecule is C[C@H](Nc1nccc(Nc2ccc(F)cc2)n1)C(C)(C)O.O=C(O)C(=O)O. The van der Waals surface area contributed by atoms with E-state index in [-0.39, 0.29) is 11.9 Å². The Kier molecular flexibility index (Phi) is 7.61. The molecule has 1 heterocycles. The van der Waals surface area contributed by atoms with Gasteiger partial charge in [-0.05, 0) is 51.1 Å². The first-order chi connectivity index (χ1) is 12.5. The smallest absolute Gasteiger partial charge is 0.414 e. The lowest BCUT2D eigenvalue weighted by Gasteiger charge is -2.26. The quantitative estimate of drug-likeness (QED) is 0.492. The van der Waals surface area contributed by atoms with Crippen molar-refractivity contribution in [3.05, 3.63) is 42.3 Å². The highest BCUT2D eigenvalue weighted by Gasteiger charge is 2.22. The second-order valence-corrected chi connectivity index (χ2v) is 6.03. The Bertz CT molecular complexity index is 766. The van der Waals surface area contributed by atoms with Crippen molar-refractivity contribution in [1.82, 2.24) is 9.97 Å². The number of nitrogens with zero attached hydrogens (tertiary/aromatic N) is 2. The summed E-state index contributed by atoms with van der Waals surface area (Å²) in [6.45, 7) is 5.28. The van der Waals surface area contributed by atoms with Crippen LogP contribution in [0.25, 0.3) is 0 Å². The molecule has 0 amide bonds. The topological polar surface area (TPSA) is 145 Å². The summed E-state index contributed by atoms with van der Waals surface area (Å²) in [5.74, 6) is -2.94. The Morgan fingerprint density at radius 2 is 1.67 bits per heavy atom. The zero-order chi connectivity index (χ0) is 20.6. The molecule has 0 saturated heterocycles. The number of anilines is 3. The van der Waals surface area contributed by atoms with Crippen LogP contribution < -0.4 is 10.6 Å². The molecule has 9 nitrogen and oxygen atoms in total. The number of hydrogen-bond acceptors (Lipinski definition) is 7. The summed E-state index contributed by atoms with van der Waals surface area (Å²) in [5, 5.41) is 30.8. The summed E-state index contributed by atoms with van der Waals surface area (Å²) < 4.78 is 12.9. The third-order valence-electron chi connectivity index (χ3n) is 3.36. The molecule has 1 aromatic carbocycles. The van der Waals surface area contributed by atoms with Crippen molar-refractivity contribution in [2.45, 2.75) is 32.4 Å². The molecule has 27 heavy (non-hydrogen) atoms. The second kappa shape index (κ2) is 9.43. The summed E-state index contributed by atoms with van der Waals surface area (Å²) in [4.78, 5) is 26.6. The Hall–Kier alpha value is -3.27. The van der Waals surface area contributed by atoms with Crippen LogP contribution in [-0.4, -0.2) is 48.9 Å². The minimum Gasteiger partial charge on any atom is -0.473 e. The largest absolute Gasteiger partial charge is 0.473 e. The third kappa shape index (κ3) is 8.10. The Labute approximate surface area is 154 Å². The van der Waals surface area contributed by atoms with Crippen LogP contribution in [-0.2, 0) is 9.59 Å². The van der Waals surface area contributed by atoms with Gasteiger partial charge in [0.2, 0.25) is 5.95 Å². The van der Waals surface area contributed by atoms with Crippen molar-refractivity contribution < 1.29 is 29.3 Å². The minimum atomic E-state index is -1.82. The van der Waals surface area contributed by atoms with E-state index in [1.165, 1.54) is 12.1 Å². The van der Waals surface area contributed by atoms with Crippen molar-refractivity contribution in [3.8, 4) is 0 Å². The molecule has 0 aliphatic rings. The molecule has 146 valence electrons. The highest BCUT2D eigenvalue weighted by Crippen LogP contribution is 2.17. The fourth-order valence-electron chi connectivity index (χ4n) is 1.55. The molecule has 0 unspecified atom stereocenters. The summed E-state index contributed by atoms with van der Waals surface area (Å²) in [6.07, 6.45) is 1.61. The average Bonchev–Trinajstić information content (AvgIpc) is 2.57. The zero-order valence-corrected chi connectivity index (χ0v) is 15.0. The molecule has 10 heteroatoms.